The maximum Gasteiger partial charge on any atom is 0.122 e. The summed E-state index contributed by atoms with van der Waals surface area (Å²) < 4.78 is 15.7. The molecule has 4 nitrogen and oxygen atoms in total. The van der Waals surface area contributed by atoms with Gasteiger partial charge in [0.05, 0.1) is 19.3 Å². The van der Waals surface area contributed by atoms with Crippen molar-refractivity contribution >= 4 is 23.5 Å². The zero-order chi connectivity index (χ0) is 19.1. The zero-order valence-electron chi connectivity index (χ0n) is 16.5. The molecule has 2 atom stereocenters. The Balaban J connectivity index is 1.50. The smallest absolute Gasteiger partial charge is 0.122 e. The molecule has 0 amide bonds. The largest absolute Gasteiger partial charge is 0.494 e. The number of hydrogen-bond acceptors (Lipinski definition) is 5. The average Bonchev–Trinajstić information content (AvgIpc) is 2.69. The Kier molecular flexibility index (Phi) is 8.59. The molecule has 0 bridgehead atoms. The van der Waals surface area contributed by atoms with E-state index in [1.807, 2.05) is 19.1 Å². The molecular formula is C21H33ClN2O2S. The molecule has 2 unspecified atom stereocenters. The third-order valence-corrected chi connectivity index (χ3v) is 6.52. The summed E-state index contributed by atoms with van der Waals surface area (Å²) in [6.45, 7) is 4.62. The maximum atomic E-state index is 6.32. The molecule has 152 valence electrons. The number of piperidine rings is 1. The summed E-state index contributed by atoms with van der Waals surface area (Å²) in [5.74, 6) is 1.51. The van der Waals surface area contributed by atoms with Gasteiger partial charge < -0.3 is 14.8 Å². The topological polar surface area (TPSA) is 42.5 Å². The van der Waals surface area contributed by atoms with Gasteiger partial charge in [0.15, 0.2) is 0 Å². The van der Waals surface area contributed by atoms with Gasteiger partial charge in [0.1, 0.15) is 5.75 Å². The van der Waals surface area contributed by atoms with Crippen LogP contribution in [-0.2, 0) is 4.74 Å². The summed E-state index contributed by atoms with van der Waals surface area (Å²) in [6.07, 6.45) is 9.41. The summed E-state index contributed by atoms with van der Waals surface area (Å²) in [5.41, 5.74) is 1.26. The third kappa shape index (κ3) is 6.01. The predicted molar refractivity (Wildman–Crippen MR) is 115 cm³/mol. The molecule has 1 saturated heterocycles. The Bertz CT molecular complexity index is 579. The number of benzene rings is 1. The molecule has 1 aliphatic carbocycles. The van der Waals surface area contributed by atoms with Crippen molar-refractivity contribution in [3.05, 3.63) is 28.8 Å². The van der Waals surface area contributed by atoms with Gasteiger partial charge in [0, 0.05) is 17.1 Å². The number of hydrogen-bond donors (Lipinski definition) is 2. The van der Waals surface area contributed by atoms with Gasteiger partial charge in [-0.3, -0.25) is 4.72 Å². The van der Waals surface area contributed by atoms with Crippen LogP contribution in [0.15, 0.2) is 18.2 Å². The Labute approximate surface area is 173 Å². The van der Waals surface area contributed by atoms with E-state index in [0.717, 1.165) is 49.6 Å². The van der Waals surface area contributed by atoms with Crippen molar-refractivity contribution in [2.24, 2.45) is 0 Å². The van der Waals surface area contributed by atoms with E-state index < -0.39 is 0 Å². The first-order valence-electron chi connectivity index (χ1n) is 10.3. The Hall–Kier alpha value is -0.460. The number of nitrogens with one attached hydrogen (secondary N) is 2. The Morgan fingerprint density at radius 2 is 2.04 bits per heavy atom. The summed E-state index contributed by atoms with van der Waals surface area (Å²) in [5, 5.41) is 4.42. The van der Waals surface area contributed by atoms with Gasteiger partial charge in [0.25, 0.3) is 0 Å². The highest BCUT2D eigenvalue weighted by atomic mass is 35.5. The average molecular weight is 413 g/mol. The van der Waals surface area contributed by atoms with Crippen molar-refractivity contribution in [3.63, 3.8) is 0 Å². The minimum absolute atomic E-state index is 0.370. The molecule has 1 saturated carbocycles. The van der Waals surface area contributed by atoms with Gasteiger partial charge in [-0.25, -0.2) is 0 Å². The van der Waals surface area contributed by atoms with Crippen LogP contribution in [0.1, 0.15) is 56.9 Å². The molecule has 1 aliphatic heterocycles. The van der Waals surface area contributed by atoms with E-state index in [1.54, 1.807) is 11.9 Å². The first-order chi connectivity index (χ1) is 13.2. The van der Waals surface area contributed by atoms with Crippen molar-refractivity contribution in [1.82, 2.24) is 10.0 Å². The van der Waals surface area contributed by atoms with E-state index in [0.29, 0.717) is 30.7 Å². The van der Waals surface area contributed by atoms with Crippen LogP contribution in [0.25, 0.3) is 0 Å². The molecule has 1 aromatic carbocycles. The number of rotatable bonds is 8. The van der Waals surface area contributed by atoms with Crippen molar-refractivity contribution in [2.45, 2.75) is 69.6 Å². The van der Waals surface area contributed by atoms with E-state index >= 15 is 0 Å². The molecule has 0 radical (unpaired) electrons. The van der Waals surface area contributed by atoms with Gasteiger partial charge in [-0.05, 0) is 87.9 Å². The normalized spacial score (nSPS) is 28.9. The lowest BCUT2D eigenvalue weighted by Crippen LogP contribution is -2.52. The first-order valence-corrected chi connectivity index (χ1v) is 11.9. The minimum atomic E-state index is 0.370. The Morgan fingerprint density at radius 1 is 1.22 bits per heavy atom. The van der Waals surface area contributed by atoms with Gasteiger partial charge in [-0.15, -0.1) is 0 Å². The monoisotopic (exact) mass is 412 g/mol. The van der Waals surface area contributed by atoms with Crippen LogP contribution in [0, 0.1) is 0 Å². The van der Waals surface area contributed by atoms with Gasteiger partial charge >= 0.3 is 0 Å². The molecule has 1 aromatic rings. The SMILES string of the molecule is CCOc1ccc(Cl)cc1[C@H]1CC[C@@H](OCC2NCCCC2NSC)CC1. The highest BCUT2D eigenvalue weighted by molar-refractivity contribution is 7.96. The molecular weight excluding hydrogens is 380 g/mol. The molecule has 27 heavy (non-hydrogen) atoms. The van der Waals surface area contributed by atoms with Crippen LogP contribution in [-0.4, -0.2) is 44.2 Å². The maximum absolute atomic E-state index is 6.32. The van der Waals surface area contributed by atoms with Crippen LogP contribution in [0.2, 0.25) is 5.02 Å². The summed E-state index contributed by atoms with van der Waals surface area (Å²) >= 11 is 7.95. The second kappa shape index (κ2) is 10.9. The lowest BCUT2D eigenvalue weighted by molar-refractivity contribution is 0.00525. The molecule has 0 spiro atoms. The molecule has 2 aliphatic rings. The second-order valence-electron chi connectivity index (χ2n) is 7.55. The summed E-state index contributed by atoms with van der Waals surface area (Å²) in [6, 6.07) is 6.94. The van der Waals surface area contributed by atoms with Crippen molar-refractivity contribution in [1.29, 1.82) is 0 Å². The molecule has 2 fully saturated rings. The van der Waals surface area contributed by atoms with E-state index in [2.05, 4.69) is 22.4 Å². The molecule has 0 aromatic heterocycles. The second-order valence-corrected chi connectivity index (χ2v) is 8.63. The summed E-state index contributed by atoms with van der Waals surface area (Å²) in [4.78, 5) is 0. The number of ether oxygens (including phenoxy) is 2. The fourth-order valence-electron chi connectivity index (χ4n) is 4.33. The van der Waals surface area contributed by atoms with Crippen LogP contribution in [0.3, 0.4) is 0 Å². The first kappa shape index (κ1) is 21.3. The zero-order valence-corrected chi connectivity index (χ0v) is 18.1. The standard InChI is InChI=1S/C21H33ClN2O2S/c1-3-25-21-11-8-16(22)13-18(21)15-6-9-17(10-7-15)26-14-20-19(24-27-2)5-4-12-23-20/h8,11,13,15,17,19-20,23-24H,3-7,9-10,12,14H2,1-2H3/t15-,17+,19?,20?. The lowest BCUT2D eigenvalue weighted by atomic mass is 9.82. The van der Waals surface area contributed by atoms with Crippen LogP contribution >= 0.6 is 23.5 Å². The summed E-state index contributed by atoms with van der Waals surface area (Å²) in [7, 11) is 0. The van der Waals surface area contributed by atoms with Crippen molar-refractivity contribution in [2.75, 3.05) is 26.0 Å². The third-order valence-electron chi connectivity index (χ3n) is 5.75. The van der Waals surface area contributed by atoms with E-state index in [9.17, 15) is 0 Å². The Morgan fingerprint density at radius 3 is 2.78 bits per heavy atom. The van der Waals surface area contributed by atoms with Crippen molar-refractivity contribution in [3.8, 4) is 5.75 Å². The minimum Gasteiger partial charge on any atom is -0.494 e. The van der Waals surface area contributed by atoms with Gasteiger partial charge in [-0.2, -0.15) is 0 Å². The van der Waals surface area contributed by atoms with Crippen molar-refractivity contribution < 1.29 is 9.47 Å². The fourth-order valence-corrected chi connectivity index (χ4v) is 5.09. The van der Waals surface area contributed by atoms with Crippen LogP contribution in [0.4, 0.5) is 0 Å². The molecule has 3 rings (SSSR count). The molecule has 6 heteroatoms. The van der Waals surface area contributed by atoms with Crippen LogP contribution in [0.5, 0.6) is 5.75 Å². The van der Waals surface area contributed by atoms with E-state index in [-0.39, 0.29) is 0 Å². The fraction of sp³-hybridized carbons (Fsp3) is 0.714. The van der Waals surface area contributed by atoms with E-state index in [4.69, 9.17) is 21.1 Å². The highest BCUT2D eigenvalue weighted by Gasteiger charge is 2.28. The predicted octanol–water partition coefficient (Wildman–Crippen LogP) is 4.77. The lowest BCUT2D eigenvalue weighted by Gasteiger charge is -2.35. The van der Waals surface area contributed by atoms with Crippen LogP contribution < -0.4 is 14.8 Å². The number of halogens is 1. The quantitative estimate of drug-likeness (QED) is 0.602. The van der Waals surface area contributed by atoms with Gasteiger partial charge in [0.2, 0.25) is 0 Å². The highest BCUT2D eigenvalue weighted by Crippen LogP contribution is 2.39. The molecule has 1 heterocycles. The molecule has 2 N–H and O–H groups in total. The van der Waals surface area contributed by atoms with E-state index in [1.165, 1.54) is 18.4 Å². The van der Waals surface area contributed by atoms with Gasteiger partial charge in [-0.1, -0.05) is 23.5 Å².